The van der Waals surface area contributed by atoms with Crippen molar-refractivity contribution < 1.29 is 4.74 Å². The number of terminal acetylenes is 1. The molecule has 0 bridgehead atoms. The van der Waals surface area contributed by atoms with E-state index in [9.17, 15) is 0 Å². The molecule has 4 nitrogen and oxygen atoms in total. The van der Waals surface area contributed by atoms with Gasteiger partial charge in [-0.25, -0.2) is 0 Å². The van der Waals surface area contributed by atoms with Crippen LogP contribution in [-0.4, -0.2) is 42.8 Å². The fourth-order valence-corrected chi connectivity index (χ4v) is 4.17. The first kappa shape index (κ1) is 18.1. The van der Waals surface area contributed by atoms with Gasteiger partial charge in [0.25, 0.3) is 0 Å². The van der Waals surface area contributed by atoms with Crippen molar-refractivity contribution in [3.8, 4) is 12.3 Å². The van der Waals surface area contributed by atoms with Crippen molar-refractivity contribution in [1.29, 1.82) is 0 Å². The molecule has 0 atom stereocenters. The first-order chi connectivity index (χ1) is 12.2. The fourth-order valence-electron chi connectivity index (χ4n) is 4.17. The van der Waals surface area contributed by atoms with Crippen LogP contribution in [-0.2, 0) is 4.74 Å². The predicted molar refractivity (Wildman–Crippen MR) is 105 cm³/mol. The van der Waals surface area contributed by atoms with Crippen molar-refractivity contribution in [2.75, 3.05) is 30.7 Å². The molecule has 1 saturated heterocycles. The molecule has 0 unspecified atom stereocenters. The van der Waals surface area contributed by atoms with E-state index in [0.29, 0.717) is 18.8 Å². The average Bonchev–Trinajstić information content (AvgIpc) is 2.64. The van der Waals surface area contributed by atoms with Crippen LogP contribution in [0.25, 0.3) is 0 Å². The van der Waals surface area contributed by atoms with E-state index in [1.165, 1.54) is 44.3 Å². The first-order valence-corrected chi connectivity index (χ1v) is 9.57. The molecular formula is C21H31N3O. The number of ether oxygens (including phenoxy) is 1. The van der Waals surface area contributed by atoms with Crippen LogP contribution in [0.15, 0.2) is 18.2 Å². The van der Waals surface area contributed by atoms with E-state index < -0.39 is 0 Å². The van der Waals surface area contributed by atoms with Crippen molar-refractivity contribution in [1.82, 2.24) is 4.90 Å². The summed E-state index contributed by atoms with van der Waals surface area (Å²) >= 11 is 0. The van der Waals surface area contributed by atoms with Gasteiger partial charge in [0.15, 0.2) is 0 Å². The fraction of sp³-hybridized carbons (Fsp3) is 0.619. The summed E-state index contributed by atoms with van der Waals surface area (Å²) in [7, 11) is 0. The molecule has 2 fully saturated rings. The lowest BCUT2D eigenvalue weighted by molar-refractivity contribution is 0.0190. The molecule has 0 aromatic heterocycles. The van der Waals surface area contributed by atoms with Gasteiger partial charge in [-0.05, 0) is 63.1 Å². The third-order valence-corrected chi connectivity index (χ3v) is 5.66. The third kappa shape index (κ3) is 4.90. The van der Waals surface area contributed by atoms with Crippen molar-refractivity contribution >= 4 is 11.4 Å². The van der Waals surface area contributed by atoms with Crippen LogP contribution in [0, 0.1) is 19.3 Å². The Hall–Kier alpha value is -1.70. The van der Waals surface area contributed by atoms with E-state index in [-0.39, 0.29) is 0 Å². The standard InChI is InChI=1S/C21H31N3O/c1-3-14-25-19-7-5-18(6-8-19)24-12-10-17(11-13-24)23-21-15-16(2)4-9-20(21)22/h1,4,9,15,17-19,23H,5-8,10-14,22H2,2H3/t18-,19+. The van der Waals surface area contributed by atoms with Crippen LogP contribution in [0.2, 0.25) is 0 Å². The van der Waals surface area contributed by atoms with Crippen LogP contribution >= 0.6 is 0 Å². The highest BCUT2D eigenvalue weighted by Crippen LogP contribution is 2.29. The highest BCUT2D eigenvalue weighted by atomic mass is 16.5. The number of nitrogens with zero attached hydrogens (tertiary/aromatic N) is 1. The van der Waals surface area contributed by atoms with Gasteiger partial charge in [-0.1, -0.05) is 12.0 Å². The maximum absolute atomic E-state index is 6.10. The van der Waals surface area contributed by atoms with E-state index in [0.717, 1.165) is 30.3 Å². The number of nitrogen functional groups attached to an aromatic ring is 1. The Morgan fingerprint density at radius 2 is 1.92 bits per heavy atom. The molecule has 1 heterocycles. The number of aryl methyl sites for hydroxylation is 1. The lowest BCUT2D eigenvalue weighted by Crippen LogP contribution is -2.46. The lowest BCUT2D eigenvalue weighted by Gasteiger charge is -2.41. The summed E-state index contributed by atoms with van der Waals surface area (Å²) in [6, 6.07) is 7.45. The Morgan fingerprint density at radius 3 is 2.60 bits per heavy atom. The number of piperidine rings is 1. The number of benzene rings is 1. The SMILES string of the molecule is C#CCO[C@H]1CC[C@@H](N2CCC(Nc3cc(C)ccc3N)CC2)CC1. The molecule has 1 aromatic carbocycles. The summed E-state index contributed by atoms with van der Waals surface area (Å²) in [5.74, 6) is 2.57. The molecule has 1 aliphatic heterocycles. The number of rotatable bonds is 5. The number of anilines is 2. The van der Waals surface area contributed by atoms with Gasteiger partial charge < -0.3 is 20.7 Å². The van der Waals surface area contributed by atoms with E-state index in [1.54, 1.807) is 0 Å². The molecule has 3 N–H and O–H groups in total. The molecule has 0 amide bonds. The van der Waals surface area contributed by atoms with Crippen molar-refractivity contribution in [2.24, 2.45) is 0 Å². The molecule has 1 aliphatic carbocycles. The monoisotopic (exact) mass is 341 g/mol. The van der Waals surface area contributed by atoms with Crippen molar-refractivity contribution in [3.05, 3.63) is 23.8 Å². The second kappa shape index (κ2) is 8.60. The van der Waals surface area contributed by atoms with Crippen molar-refractivity contribution in [2.45, 2.75) is 63.6 Å². The van der Waals surface area contributed by atoms with Crippen molar-refractivity contribution in [3.63, 3.8) is 0 Å². The minimum Gasteiger partial charge on any atom is -0.397 e. The zero-order chi connectivity index (χ0) is 17.6. The van der Waals surface area contributed by atoms with Gasteiger partial charge >= 0.3 is 0 Å². The minimum absolute atomic E-state index is 0.371. The highest BCUT2D eigenvalue weighted by Gasteiger charge is 2.29. The Balaban J connectivity index is 1.43. The topological polar surface area (TPSA) is 50.5 Å². The first-order valence-electron chi connectivity index (χ1n) is 9.57. The Bertz CT molecular complexity index is 594. The summed E-state index contributed by atoms with van der Waals surface area (Å²) in [4.78, 5) is 2.68. The molecule has 136 valence electrons. The Labute approximate surface area is 152 Å². The van der Waals surface area contributed by atoms with Crippen LogP contribution in [0.1, 0.15) is 44.1 Å². The second-order valence-corrected chi connectivity index (χ2v) is 7.49. The highest BCUT2D eigenvalue weighted by molar-refractivity contribution is 5.67. The molecule has 25 heavy (non-hydrogen) atoms. The normalized spacial score (nSPS) is 25.4. The largest absolute Gasteiger partial charge is 0.397 e. The number of likely N-dealkylation sites (tertiary alicyclic amines) is 1. The molecule has 3 rings (SSSR count). The van der Waals surface area contributed by atoms with Gasteiger partial charge in [-0.2, -0.15) is 0 Å². The van der Waals surface area contributed by atoms with Crippen LogP contribution in [0.4, 0.5) is 11.4 Å². The van der Waals surface area contributed by atoms with E-state index in [4.69, 9.17) is 16.9 Å². The summed E-state index contributed by atoms with van der Waals surface area (Å²) in [6.45, 7) is 4.90. The Morgan fingerprint density at radius 1 is 1.20 bits per heavy atom. The van der Waals surface area contributed by atoms with Gasteiger partial charge in [0.05, 0.1) is 17.5 Å². The molecular weight excluding hydrogens is 310 g/mol. The molecule has 0 spiro atoms. The summed E-state index contributed by atoms with van der Waals surface area (Å²) < 4.78 is 5.70. The molecule has 1 aromatic rings. The summed E-state index contributed by atoms with van der Waals surface area (Å²) in [5, 5.41) is 3.65. The number of nitrogens with one attached hydrogen (secondary N) is 1. The molecule has 1 saturated carbocycles. The number of nitrogens with two attached hydrogens (primary N) is 1. The van der Waals surface area contributed by atoms with Crippen LogP contribution in [0.3, 0.4) is 0 Å². The van der Waals surface area contributed by atoms with Gasteiger partial charge in [0, 0.05) is 25.2 Å². The van der Waals surface area contributed by atoms with E-state index in [2.05, 4.69) is 35.2 Å². The third-order valence-electron chi connectivity index (χ3n) is 5.66. The zero-order valence-electron chi connectivity index (χ0n) is 15.3. The number of hydrogen-bond donors (Lipinski definition) is 2. The molecule has 4 heteroatoms. The number of hydrogen-bond acceptors (Lipinski definition) is 4. The maximum Gasteiger partial charge on any atom is 0.107 e. The van der Waals surface area contributed by atoms with E-state index in [1.807, 2.05) is 6.07 Å². The van der Waals surface area contributed by atoms with Gasteiger partial charge in [-0.3, -0.25) is 0 Å². The second-order valence-electron chi connectivity index (χ2n) is 7.49. The Kier molecular flexibility index (Phi) is 6.23. The van der Waals surface area contributed by atoms with E-state index >= 15 is 0 Å². The predicted octanol–water partition coefficient (Wildman–Crippen LogP) is 3.41. The lowest BCUT2D eigenvalue weighted by atomic mass is 9.90. The summed E-state index contributed by atoms with van der Waals surface area (Å²) in [6.07, 6.45) is 12.8. The van der Waals surface area contributed by atoms with Crippen LogP contribution < -0.4 is 11.1 Å². The zero-order valence-corrected chi connectivity index (χ0v) is 15.3. The maximum atomic E-state index is 6.10. The molecule has 2 aliphatic rings. The van der Waals surface area contributed by atoms with Gasteiger partial charge in [-0.15, -0.1) is 6.42 Å². The smallest absolute Gasteiger partial charge is 0.107 e. The van der Waals surface area contributed by atoms with Gasteiger partial charge in [0.2, 0.25) is 0 Å². The van der Waals surface area contributed by atoms with Gasteiger partial charge in [0.1, 0.15) is 6.61 Å². The minimum atomic E-state index is 0.371. The quantitative estimate of drug-likeness (QED) is 0.636. The molecule has 0 radical (unpaired) electrons. The summed E-state index contributed by atoms with van der Waals surface area (Å²) in [5.41, 5.74) is 9.28. The average molecular weight is 341 g/mol. The van der Waals surface area contributed by atoms with Crippen LogP contribution in [0.5, 0.6) is 0 Å².